The summed E-state index contributed by atoms with van der Waals surface area (Å²) >= 11 is 0. The van der Waals surface area contributed by atoms with Crippen molar-refractivity contribution in [1.29, 1.82) is 0 Å². The minimum absolute atomic E-state index is 0.341. The molecule has 0 bridgehead atoms. The van der Waals surface area contributed by atoms with Crippen molar-refractivity contribution < 1.29 is 4.52 Å². The fraction of sp³-hybridized carbons (Fsp3) is 0.545. The second kappa shape index (κ2) is 4.29. The van der Waals surface area contributed by atoms with Gasteiger partial charge in [0.05, 0.1) is 5.92 Å². The van der Waals surface area contributed by atoms with Crippen molar-refractivity contribution in [3.8, 4) is 11.5 Å². The van der Waals surface area contributed by atoms with E-state index in [0.717, 1.165) is 37.5 Å². The Morgan fingerprint density at radius 3 is 3.18 bits per heavy atom. The van der Waals surface area contributed by atoms with Crippen LogP contribution in [0.3, 0.4) is 0 Å². The number of aryl methyl sites for hydroxylation is 1. The SMILES string of the molecule is Cn1ccc(-c2noc([C@H]3CCCNC3)n2)n1. The minimum atomic E-state index is 0.341. The Morgan fingerprint density at radius 2 is 2.47 bits per heavy atom. The lowest BCUT2D eigenvalue weighted by molar-refractivity contribution is 0.322. The second-order valence-corrected chi connectivity index (χ2v) is 4.37. The van der Waals surface area contributed by atoms with Crippen molar-refractivity contribution in [2.45, 2.75) is 18.8 Å². The maximum atomic E-state index is 5.32. The molecule has 0 unspecified atom stereocenters. The summed E-state index contributed by atoms with van der Waals surface area (Å²) in [6.45, 7) is 2.00. The van der Waals surface area contributed by atoms with Crippen molar-refractivity contribution in [3.05, 3.63) is 18.2 Å². The lowest BCUT2D eigenvalue weighted by atomic mass is 10.00. The molecule has 0 aromatic carbocycles. The van der Waals surface area contributed by atoms with Gasteiger partial charge in [-0.2, -0.15) is 10.1 Å². The second-order valence-electron chi connectivity index (χ2n) is 4.37. The van der Waals surface area contributed by atoms with Crippen molar-refractivity contribution in [2.75, 3.05) is 13.1 Å². The first-order valence-corrected chi connectivity index (χ1v) is 5.87. The highest BCUT2D eigenvalue weighted by Gasteiger charge is 2.22. The Labute approximate surface area is 99.0 Å². The van der Waals surface area contributed by atoms with Crippen LogP contribution in [0.5, 0.6) is 0 Å². The summed E-state index contributed by atoms with van der Waals surface area (Å²) < 4.78 is 7.05. The molecule has 17 heavy (non-hydrogen) atoms. The quantitative estimate of drug-likeness (QED) is 0.836. The van der Waals surface area contributed by atoms with Gasteiger partial charge in [0, 0.05) is 19.8 Å². The molecule has 1 aliphatic rings. The van der Waals surface area contributed by atoms with Gasteiger partial charge in [0.15, 0.2) is 0 Å². The van der Waals surface area contributed by atoms with Crippen molar-refractivity contribution in [2.24, 2.45) is 7.05 Å². The fourth-order valence-corrected chi connectivity index (χ4v) is 2.10. The van der Waals surface area contributed by atoms with Crippen LogP contribution in [0.4, 0.5) is 0 Å². The summed E-state index contributed by atoms with van der Waals surface area (Å²) in [4.78, 5) is 4.42. The molecule has 0 saturated carbocycles. The Kier molecular flexibility index (Phi) is 2.64. The Balaban J connectivity index is 1.82. The molecule has 6 heteroatoms. The highest BCUT2D eigenvalue weighted by atomic mass is 16.5. The third-order valence-electron chi connectivity index (χ3n) is 3.03. The van der Waals surface area contributed by atoms with Gasteiger partial charge in [-0.15, -0.1) is 0 Å². The van der Waals surface area contributed by atoms with E-state index in [1.807, 2.05) is 19.3 Å². The topological polar surface area (TPSA) is 68.8 Å². The number of aromatic nitrogens is 4. The van der Waals surface area contributed by atoms with Gasteiger partial charge in [-0.25, -0.2) is 0 Å². The molecule has 2 aromatic heterocycles. The molecule has 0 amide bonds. The Morgan fingerprint density at radius 1 is 1.53 bits per heavy atom. The highest BCUT2D eigenvalue weighted by molar-refractivity contribution is 5.46. The molecule has 0 aliphatic carbocycles. The zero-order valence-corrected chi connectivity index (χ0v) is 9.76. The average molecular weight is 233 g/mol. The molecule has 0 radical (unpaired) electrons. The molecule has 6 nitrogen and oxygen atoms in total. The summed E-state index contributed by atoms with van der Waals surface area (Å²) in [7, 11) is 1.87. The molecule has 3 heterocycles. The fourth-order valence-electron chi connectivity index (χ4n) is 2.10. The van der Waals surface area contributed by atoms with E-state index in [0.29, 0.717) is 11.7 Å². The van der Waals surface area contributed by atoms with Gasteiger partial charge >= 0.3 is 0 Å². The van der Waals surface area contributed by atoms with E-state index in [1.54, 1.807) is 4.68 Å². The van der Waals surface area contributed by atoms with Crippen LogP contribution < -0.4 is 5.32 Å². The average Bonchev–Trinajstić information content (AvgIpc) is 2.98. The van der Waals surface area contributed by atoms with Crippen LogP contribution in [0, 0.1) is 0 Å². The number of hydrogen-bond donors (Lipinski definition) is 1. The largest absolute Gasteiger partial charge is 0.339 e. The lowest BCUT2D eigenvalue weighted by Crippen LogP contribution is -2.28. The summed E-state index contributed by atoms with van der Waals surface area (Å²) in [6, 6.07) is 1.88. The first kappa shape index (κ1) is 10.5. The number of nitrogens with zero attached hydrogens (tertiary/aromatic N) is 4. The van der Waals surface area contributed by atoms with Crippen LogP contribution in [-0.2, 0) is 7.05 Å². The van der Waals surface area contributed by atoms with Gasteiger partial charge in [0.2, 0.25) is 11.7 Å². The van der Waals surface area contributed by atoms with E-state index in [-0.39, 0.29) is 0 Å². The van der Waals surface area contributed by atoms with E-state index in [1.165, 1.54) is 0 Å². The molecule has 1 N–H and O–H groups in total. The zero-order chi connectivity index (χ0) is 11.7. The predicted octanol–water partition coefficient (Wildman–Crippen LogP) is 0.937. The van der Waals surface area contributed by atoms with Crippen LogP contribution >= 0.6 is 0 Å². The Hall–Kier alpha value is -1.69. The molecule has 1 atom stereocenters. The number of hydrogen-bond acceptors (Lipinski definition) is 5. The van der Waals surface area contributed by atoms with Crippen molar-refractivity contribution >= 4 is 0 Å². The monoisotopic (exact) mass is 233 g/mol. The first-order valence-electron chi connectivity index (χ1n) is 5.87. The van der Waals surface area contributed by atoms with Gasteiger partial charge < -0.3 is 9.84 Å². The van der Waals surface area contributed by atoms with Crippen LogP contribution in [0.15, 0.2) is 16.8 Å². The Bertz CT molecular complexity index is 497. The van der Waals surface area contributed by atoms with Gasteiger partial charge in [0.1, 0.15) is 5.69 Å². The van der Waals surface area contributed by atoms with Crippen LogP contribution in [0.25, 0.3) is 11.5 Å². The number of rotatable bonds is 2. The lowest BCUT2D eigenvalue weighted by Gasteiger charge is -2.18. The molecule has 1 fully saturated rings. The smallest absolute Gasteiger partial charge is 0.231 e. The highest BCUT2D eigenvalue weighted by Crippen LogP contribution is 2.23. The van der Waals surface area contributed by atoms with E-state index < -0.39 is 0 Å². The molecule has 1 aliphatic heterocycles. The molecule has 1 saturated heterocycles. The molecule has 3 rings (SSSR count). The summed E-state index contributed by atoms with van der Waals surface area (Å²) in [5, 5.41) is 11.6. The third-order valence-corrected chi connectivity index (χ3v) is 3.03. The molecule has 2 aromatic rings. The van der Waals surface area contributed by atoms with E-state index in [2.05, 4.69) is 20.6 Å². The van der Waals surface area contributed by atoms with Gasteiger partial charge in [-0.1, -0.05) is 5.16 Å². The van der Waals surface area contributed by atoms with Gasteiger partial charge in [-0.05, 0) is 25.5 Å². The van der Waals surface area contributed by atoms with E-state index in [9.17, 15) is 0 Å². The first-order chi connectivity index (χ1) is 8.33. The molecule has 90 valence electrons. The maximum Gasteiger partial charge on any atom is 0.231 e. The van der Waals surface area contributed by atoms with Crippen molar-refractivity contribution in [1.82, 2.24) is 25.2 Å². The normalized spacial score (nSPS) is 20.6. The standard InChI is InChI=1S/C11H15N5O/c1-16-6-4-9(14-16)10-13-11(17-15-10)8-3-2-5-12-7-8/h4,6,8,12H,2-3,5,7H2,1H3/t8-/m0/s1. The van der Waals surface area contributed by atoms with Crippen LogP contribution in [0.1, 0.15) is 24.7 Å². The number of nitrogens with one attached hydrogen (secondary N) is 1. The van der Waals surface area contributed by atoms with E-state index in [4.69, 9.17) is 4.52 Å². The predicted molar refractivity (Wildman–Crippen MR) is 61.3 cm³/mol. The van der Waals surface area contributed by atoms with Crippen LogP contribution in [-0.4, -0.2) is 33.0 Å². The molecule has 0 spiro atoms. The third kappa shape index (κ3) is 2.08. The maximum absolute atomic E-state index is 5.32. The zero-order valence-electron chi connectivity index (χ0n) is 9.76. The van der Waals surface area contributed by atoms with Crippen LogP contribution in [0.2, 0.25) is 0 Å². The summed E-state index contributed by atoms with van der Waals surface area (Å²) in [5.41, 5.74) is 0.756. The summed E-state index contributed by atoms with van der Waals surface area (Å²) in [5.74, 6) is 1.64. The number of piperidine rings is 1. The molecular formula is C11H15N5O. The van der Waals surface area contributed by atoms with Crippen molar-refractivity contribution in [3.63, 3.8) is 0 Å². The minimum Gasteiger partial charge on any atom is -0.339 e. The van der Waals surface area contributed by atoms with E-state index >= 15 is 0 Å². The summed E-state index contributed by atoms with van der Waals surface area (Å²) in [6.07, 6.45) is 4.14. The van der Waals surface area contributed by atoms with Gasteiger partial charge in [0.25, 0.3) is 0 Å². The van der Waals surface area contributed by atoms with Gasteiger partial charge in [-0.3, -0.25) is 4.68 Å². The molecular weight excluding hydrogens is 218 g/mol.